The molecular formula is C13H16N2O4. The van der Waals surface area contributed by atoms with Gasteiger partial charge in [0, 0.05) is 24.4 Å². The lowest BCUT2D eigenvalue weighted by Crippen LogP contribution is -2.48. The summed E-state index contributed by atoms with van der Waals surface area (Å²) in [6, 6.07) is 4.56. The lowest BCUT2D eigenvalue weighted by Gasteiger charge is -2.34. The summed E-state index contributed by atoms with van der Waals surface area (Å²) in [4.78, 5) is 23.6. The molecule has 1 fully saturated rings. The van der Waals surface area contributed by atoms with E-state index >= 15 is 0 Å². The van der Waals surface area contributed by atoms with Gasteiger partial charge in [0.15, 0.2) is 0 Å². The first-order chi connectivity index (χ1) is 8.86. The number of nitrogens with zero attached hydrogens (tertiary/aromatic N) is 2. The second kappa shape index (κ2) is 4.53. The van der Waals surface area contributed by atoms with E-state index < -0.39 is 16.4 Å². The monoisotopic (exact) mass is 264 g/mol. The maximum absolute atomic E-state index is 11.5. The molecule has 0 radical (unpaired) electrons. The molecule has 2 rings (SSSR count). The highest BCUT2D eigenvalue weighted by Gasteiger charge is 2.44. The van der Waals surface area contributed by atoms with Crippen LogP contribution in [0.1, 0.15) is 25.3 Å². The molecule has 1 aromatic carbocycles. The predicted octanol–water partition coefficient (Wildman–Crippen LogP) is 2.35. The number of carboxylic acids is 1. The zero-order valence-electron chi connectivity index (χ0n) is 10.9. The van der Waals surface area contributed by atoms with Crippen molar-refractivity contribution < 1.29 is 14.8 Å². The molecule has 1 unspecified atom stereocenters. The van der Waals surface area contributed by atoms with Crippen molar-refractivity contribution in [3.05, 3.63) is 33.9 Å². The summed E-state index contributed by atoms with van der Waals surface area (Å²) in [5.74, 6) is -0.893. The van der Waals surface area contributed by atoms with Crippen LogP contribution in [-0.4, -0.2) is 28.1 Å². The highest BCUT2D eigenvalue weighted by atomic mass is 16.6. The van der Waals surface area contributed by atoms with Gasteiger partial charge in [-0.2, -0.15) is 0 Å². The van der Waals surface area contributed by atoms with Crippen molar-refractivity contribution in [3.8, 4) is 0 Å². The summed E-state index contributed by atoms with van der Waals surface area (Å²) >= 11 is 0. The molecule has 1 heterocycles. The average Bonchev–Trinajstić information content (AvgIpc) is 2.73. The Morgan fingerprint density at radius 1 is 1.53 bits per heavy atom. The normalized spacial score (nSPS) is 22.5. The van der Waals surface area contributed by atoms with E-state index in [-0.39, 0.29) is 5.69 Å². The smallest absolute Gasteiger partial charge is 0.329 e. The summed E-state index contributed by atoms with van der Waals surface area (Å²) < 4.78 is 0. The summed E-state index contributed by atoms with van der Waals surface area (Å²) in [5, 5.41) is 20.2. The van der Waals surface area contributed by atoms with Crippen molar-refractivity contribution in [2.45, 2.75) is 32.2 Å². The Kier molecular flexibility index (Phi) is 3.18. The van der Waals surface area contributed by atoms with Gasteiger partial charge in [-0.15, -0.1) is 0 Å². The quantitative estimate of drug-likeness (QED) is 0.669. The fraction of sp³-hybridized carbons (Fsp3) is 0.462. The van der Waals surface area contributed by atoms with Crippen molar-refractivity contribution in [2.24, 2.45) is 0 Å². The molecule has 1 saturated heterocycles. The number of carboxylic acid groups (broad SMARTS) is 1. The minimum atomic E-state index is -0.986. The zero-order chi connectivity index (χ0) is 14.2. The van der Waals surface area contributed by atoms with Crippen LogP contribution < -0.4 is 4.90 Å². The average molecular weight is 264 g/mol. The van der Waals surface area contributed by atoms with Gasteiger partial charge in [-0.05, 0) is 32.3 Å². The van der Waals surface area contributed by atoms with Crippen molar-refractivity contribution >= 4 is 17.3 Å². The van der Waals surface area contributed by atoms with Crippen LogP contribution in [0.3, 0.4) is 0 Å². The summed E-state index contributed by atoms with van der Waals surface area (Å²) in [7, 11) is 0. The second-order valence-electron chi connectivity index (χ2n) is 5.06. The van der Waals surface area contributed by atoms with Crippen LogP contribution >= 0.6 is 0 Å². The number of hydrogen-bond donors (Lipinski definition) is 1. The molecule has 0 aliphatic carbocycles. The standard InChI is InChI=1S/C13H16N2O4/c1-9-4-5-10(15(18)19)8-11(9)14-7-3-6-13(14,2)12(16)17/h4-5,8H,3,6-7H2,1-2H3,(H,16,17). The first kappa shape index (κ1) is 13.3. The number of benzene rings is 1. The van der Waals surface area contributed by atoms with Crippen LogP contribution in [0, 0.1) is 17.0 Å². The van der Waals surface area contributed by atoms with Gasteiger partial charge in [-0.3, -0.25) is 10.1 Å². The van der Waals surface area contributed by atoms with Crippen LogP contribution in [0.15, 0.2) is 18.2 Å². The van der Waals surface area contributed by atoms with Gasteiger partial charge in [-0.1, -0.05) is 6.07 Å². The Bertz CT molecular complexity index is 543. The van der Waals surface area contributed by atoms with E-state index in [1.54, 1.807) is 17.9 Å². The summed E-state index contributed by atoms with van der Waals surface area (Å²) in [5.41, 5.74) is 0.483. The molecule has 19 heavy (non-hydrogen) atoms. The highest BCUT2D eigenvalue weighted by molar-refractivity contribution is 5.84. The Hall–Kier alpha value is -2.11. The Morgan fingerprint density at radius 2 is 2.21 bits per heavy atom. The molecule has 1 aliphatic heterocycles. The van der Waals surface area contributed by atoms with Crippen molar-refractivity contribution in [1.29, 1.82) is 0 Å². The minimum Gasteiger partial charge on any atom is -0.480 e. The predicted molar refractivity (Wildman–Crippen MR) is 70.5 cm³/mol. The van der Waals surface area contributed by atoms with Gasteiger partial charge < -0.3 is 10.0 Å². The van der Waals surface area contributed by atoms with Gasteiger partial charge in [0.2, 0.25) is 0 Å². The van der Waals surface area contributed by atoms with Crippen LogP contribution in [0.25, 0.3) is 0 Å². The maximum atomic E-state index is 11.5. The lowest BCUT2D eigenvalue weighted by molar-refractivity contribution is -0.384. The van der Waals surface area contributed by atoms with E-state index in [1.165, 1.54) is 12.1 Å². The third kappa shape index (κ3) is 2.14. The lowest BCUT2D eigenvalue weighted by atomic mass is 9.98. The van der Waals surface area contributed by atoms with Gasteiger partial charge >= 0.3 is 5.97 Å². The number of rotatable bonds is 3. The summed E-state index contributed by atoms with van der Waals surface area (Å²) in [6.45, 7) is 4.10. The van der Waals surface area contributed by atoms with E-state index in [2.05, 4.69) is 0 Å². The molecule has 6 nitrogen and oxygen atoms in total. The Labute approximate surface area is 110 Å². The first-order valence-electron chi connectivity index (χ1n) is 6.12. The molecule has 0 aromatic heterocycles. The third-order valence-electron chi connectivity index (χ3n) is 3.80. The third-order valence-corrected chi connectivity index (χ3v) is 3.80. The van der Waals surface area contributed by atoms with Crippen molar-refractivity contribution in [3.63, 3.8) is 0 Å². The van der Waals surface area contributed by atoms with E-state index in [9.17, 15) is 20.0 Å². The van der Waals surface area contributed by atoms with Crippen LogP contribution in [0.2, 0.25) is 0 Å². The second-order valence-corrected chi connectivity index (χ2v) is 5.06. The fourth-order valence-electron chi connectivity index (χ4n) is 2.57. The topological polar surface area (TPSA) is 83.7 Å². The van der Waals surface area contributed by atoms with Crippen LogP contribution in [-0.2, 0) is 4.79 Å². The molecule has 1 atom stereocenters. The molecular weight excluding hydrogens is 248 g/mol. The Balaban J connectivity index is 2.49. The number of aliphatic carboxylic acids is 1. The van der Waals surface area contributed by atoms with Crippen molar-refractivity contribution in [2.75, 3.05) is 11.4 Å². The fourth-order valence-corrected chi connectivity index (χ4v) is 2.57. The highest BCUT2D eigenvalue weighted by Crippen LogP contribution is 2.37. The summed E-state index contributed by atoms with van der Waals surface area (Å²) in [6.07, 6.45) is 1.31. The molecule has 0 amide bonds. The number of anilines is 1. The van der Waals surface area contributed by atoms with Crippen LogP contribution in [0.4, 0.5) is 11.4 Å². The van der Waals surface area contributed by atoms with E-state index in [0.29, 0.717) is 18.7 Å². The number of nitro benzene ring substituents is 1. The largest absolute Gasteiger partial charge is 0.480 e. The minimum absolute atomic E-state index is 0.0137. The Morgan fingerprint density at radius 3 is 2.79 bits per heavy atom. The number of nitro groups is 1. The molecule has 102 valence electrons. The molecule has 1 aromatic rings. The van der Waals surface area contributed by atoms with Crippen LogP contribution in [0.5, 0.6) is 0 Å². The van der Waals surface area contributed by atoms with Gasteiger partial charge in [0.05, 0.1) is 4.92 Å². The van der Waals surface area contributed by atoms with Crippen molar-refractivity contribution in [1.82, 2.24) is 0 Å². The van der Waals surface area contributed by atoms with E-state index in [0.717, 1.165) is 12.0 Å². The van der Waals surface area contributed by atoms with E-state index in [1.807, 2.05) is 6.92 Å². The number of hydrogen-bond acceptors (Lipinski definition) is 4. The molecule has 1 aliphatic rings. The zero-order valence-corrected chi connectivity index (χ0v) is 10.9. The number of carbonyl (C=O) groups is 1. The molecule has 0 spiro atoms. The molecule has 0 bridgehead atoms. The van der Waals surface area contributed by atoms with Gasteiger partial charge in [-0.25, -0.2) is 4.79 Å². The number of aryl methyl sites for hydroxylation is 1. The molecule has 1 N–H and O–H groups in total. The molecule has 0 saturated carbocycles. The van der Waals surface area contributed by atoms with Gasteiger partial charge in [0.25, 0.3) is 5.69 Å². The number of non-ortho nitro benzene ring substituents is 1. The first-order valence-corrected chi connectivity index (χ1v) is 6.12. The van der Waals surface area contributed by atoms with E-state index in [4.69, 9.17) is 0 Å². The van der Waals surface area contributed by atoms with Gasteiger partial charge in [0.1, 0.15) is 5.54 Å². The maximum Gasteiger partial charge on any atom is 0.329 e. The SMILES string of the molecule is Cc1ccc([N+](=O)[O-])cc1N1CCCC1(C)C(=O)O. The molecule has 6 heteroatoms.